The predicted molar refractivity (Wildman–Crippen MR) is 128 cm³/mol. The minimum absolute atomic E-state index is 0.149. The lowest BCUT2D eigenvalue weighted by Crippen LogP contribution is -2.46. The van der Waals surface area contributed by atoms with Crippen LogP contribution in [0.5, 0.6) is 5.75 Å². The molecule has 0 saturated carbocycles. The minimum Gasteiger partial charge on any atom is -0.491 e. The number of halogens is 2. The minimum atomic E-state index is -3.58. The van der Waals surface area contributed by atoms with Gasteiger partial charge in [0.15, 0.2) is 0 Å². The standard InChI is InChI=1S/C23H28Cl2N2O4S/c1-16-5-3-7-22(17(16)2)31-12-10-26-23(28)19-6-4-11-27(14-19)32(29,30)15-18-8-9-20(24)21(25)13-18/h3,5,7-9,13,19H,4,6,10-12,14-15H2,1-2H3,(H,26,28)/t19-/m1/s1. The summed E-state index contributed by atoms with van der Waals surface area (Å²) in [6.45, 7) is 5.31. The van der Waals surface area contributed by atoms with Crippen molar-refractivity contribution in [3.05, 3.63) is 63.1 Å². The van der Waals surface area contributed by atoms with Gasteiger partial charge in [-0.1, -0.05) is 41.4 Å². The van der Waals surface area contributed by atoms with Gasteiger partial charge < -0.3 is 10.1 Å². The van der Waals surface area contributed by atoms with E-state index in [9.17, 15) is 13.2 Å². The molecule has 2 aromatic rings. The Morgan fingerprint density at radius 3 is 2.72 bits per heavy atom. The Bertz CT molecular complexity index is 1080. The number of nitrogens with zero attached hydrogens (tertiary/aromatic N) is 1. The van der Waals surface area contributed by atoms with Crippen molar-refractivity contribution >= 4 is 39.1 Å². The molecule has 1 amide bonds. The highest BCUT2D eigenvalue weighted by Gasteiger charge is 2.32. The van der Waals surface area contributed by atoms with Gasteiger partial charge in [0.25, 0.3) is 0 Å². The summed E-state index contributed by atoms with van der Waals surface area (Å²) in [7, 11) is -3.58. The maximum atomic E-state index is 12.9. The lowest BCUT2D eigenvalue weighted by atomic mass is 9.99. The summed E-state index contributed by atoms with van der Waals surface area (Å²) in [4.78, 5) is 12.6. The summed E-state index contributed by atoms with van der Waals surface area (Å²) in [5.74, 6) is 0.0931. The first kappa shape index (κ1) is 24.8. The molecule has 0 radical (unpaired) electrons. The summed E-state index contributed by atoms with van der Waals surface area (Å²) in [6.07, 6.45) is 1.29. The lowest BCUT2D eigenvalue weighted by Gasteiger charge is -2.31. The van der Waals surface area contributed by atoms with E-state index in [2.05, 4.69) is 5.32 Å². The van der Waals surface area contributed by atoms with E-state index in [4.69, 9.17) is 27.9 Å². The molecule has 2 aromatic carbocycles. The zero-order valence-electron chi connectivity index (χ0n) is 18.2. The number of aryl methyl sites for hydroxylation is 1. The molecule has 1 heterocycles. The molecule has 1 aliphatic heterocycles. The van der Waals surface area contributed by atoms with Crippen molar-refractivity contribution < 1.29 is 17.9 Å². The van der Waals surface area contributed by atoms with E-state index < -0.39 is 10.0 Å². The fourth-order valence-corrected chi connectivity index (χ4v) is 5.62. The second-order valence-electron chi connectivity index (χ2n) is 8.04. The van der Waals surface area contributed by atoms with Crippen molar-refractivity contribution in [1.29, 1.82) is 0 Å². The second-order valence-corrected chi connectivity index (χ2v) is 10.8. The number of piperidine rings is 1. The monoisotopic (exact) mass is 498 g/mol. The molecule has 0 aromatic heterocycles. The molecule has 0 spiro atoms. The Kier molecular flexibility index (Phi) is 8.44. The van der Waals surface area contributed by atoms with Gasteiger partial charge in [0.05, 0.1) is 28.3 Å². The molecule has 32 heavy (non-hydrogen) atoms. The molecular weight excluding hydrogens is 471 g/mol. The molecule has 9 heteroatoms. The van der Waals surface area contributed by atoms with Gasteiger partial charge in [0.2, 0.25) is 15.9 Å². The molecule has 1 N–H and O–H groups in total. The maximum Gasteiger partial charge on any atom is 0.224 e. The van der Waals surface area contributed by atoms with Crippen molar-refractivity contribution in [3.8, 4) is 5.75 Å². The average Bonchev–Trinajstić information content (AvgIpc) is 2.76. The van der Waals surface area contributed by atoms with Crippen LogP contribution in [0.25, 0.3) is 0 Å². The van der Waals surface area contributed by atoms with E-state index in [1.54, 1.807) is 18.2 Å². The van der Waals surface area contributed by atoms with Crippen molar-refractivity contribution in [2.24, 2.45) is 5.92 Å². The smallest absolute Gasteiger partial charge is 0.224 e. The molecule has 1 atom stereocenters. The van der Waals surface area contributed by atoms with Crippen LogP contribution in [0.2, 0.25) is 10.0 Å². The number of rotatable bonds is 8. The lowest BCUT2D eigenvalue weighted by molar-refractivity contribution is -0.126. The first-order chi connectivity index (χ1) is 15.2. The van der Waals surface area contributed by atoms with Gasteiger partial charge in [0.1, 0.15) is 12.4 Å². The molecule has 6 nitrogen and oxygen atoms in total. The first-order valence-electron chi connectivity index (χ1n) is 10.6. The third kappa shape index (κ3) is 6.38. The summed E-state index contributed by atoms with van der Waals surface area (Å²) >= 11 is 11.9. The molecule has 174 valence electrons. The summed E-state index contributed by atoms with van der Waals surface area (Å²) < 4.78 is 33.0. The van der Waals surface area contributed by atoms with Gasteiger partial charge in [-0.2, -0.15) is 0 Å². The van der Waals surface area contributed by atoms with Gasteiger partial charge in [0, 0.05) is 13.1 Å². The first-order valence-corrected chi connectivity index (χ1v) is 12.9. The van der Waals surface area contributed by atoms with Crippen molar-refractivity contribution in [2.45, 2.75) is 32.4 Å². The van der Waals surface area contributed by atoms with Crippen LogP contribution in [-0.4, -0.2) is 44.9 Å². The molecule has 1 aliphatic rings. The Labute approximate surface area is 199 Å². The summed E-state index contributed by atoms with van der Waals surface area (Å²) in [6, 6.07) is 10.7. The highest BCUT2D eigenvalue weighted by molar-refractivity contribution is 7.88. The number of carbonyl (C=O) groups is 1. The van der Waals surface area contributed by atoms with Gasteiger partial charge >= 0.3 is 0 Å². The number of carbonyl (C=O) groups excluding carboxylic acids is 1. The zero-order valence-corrected chi connectivity index (χ0v) is 20.6. The van der Waals surface area contributed by atoms with Crippen LogP contribution in [-0.2, 0) is 20.6 Å². The number of ether oxygens (including phenoxy) is 1. The number of nitrogens with one attached hydrogen (secondary N) is 1. The van der Waals surface area contributed by atoms with Crippen LogP contribution in [0.3, 0.4) is 0 Å². The number of sulfonamides is 1. The van der Waals surface area contributed by atoms with Crippen LogP contribution in [0.15, 0.2) is 36.4 Å². The molecule has 1 fully saturated rings. The molecular formula is C23H28Cl2N2O4S. The Morgan fingerprint density at radius 2 is 1.97 bits per heavy atom. The van der Waals surface area contributed by atoms with Gasteiger partial charge in [-0.05, 0) is 61.6 Å². The van der Waals surface area contributed by atoms with Gasteiger partial charge in [-0.25, -0.2) is 12.7 Å². The molecule has 0 unspecified atom stereocenters. The van der Waals surface area contributed by atoms with Crippen LogP contribution < -0.4 is 10.1 Å². The normalized spacial score (nSPS) is 17.2. The van der Waals surface area contributed by atoms with E-state index in [-0.39, 0.29) is 24.1 Å². The van der Waals surface area contributed by atoms with Gasteiger partial charge in [-0.3, -0.25) is 4.79 Å². The van der Waals surface area contributed by atoms with E-state index >= 15 is 0 Å². The Hall–Kier alpha value is -1.80. The largest absolute Gasteiger partial charge is 0.491 e. The third-order valence-corrected chi connectivity index (χ3v) is 8.25. The van der Waals surface area contributed by atoms with E-state index in [0.717, 1.165) is 16.9 Å². The fraction of sp³-hybridized carbons (Fsp3) is 0.435. The molecule has 0 aliphatic carbocycles. The topological polar surface area (TPSA) is 75.7 Å². The van der Waals surface area contributed by atoms with Crippen molar-refractivity contribution in [1.82, 2.24) is 9.62 Å². The fourth-order valence-electron chi connectivity index (χ4n) is 3.70. The Balaban J connectivity index is 1.51. The zero-order chi connectivity index (χ0) is 23.3. The maximum absolute atomic E-state index is 12.9. The number of benzene rings is 2. The number of hydrogen-bond donors (Lipinski definition) is 1. The van der Waals surface area contributed by atoms with Crippen LogP contribution in [0, 0.1) is 19.8 Å². The quantitative estimate of drug-likeness (QED) is 0.549. The SMILES string of the molecule is Cc1cccc(OCCNC(=O)[C@@H]2CCCN(S(=O)(=O)Cc3ccc(Cl)c(Cl)c3)C2)c1C. The number of amides is 1. The second kappa shape index (κ2) is 10.9. The predicted octanol–water partition coefficient (Wildman–Crippen LogP) is 4.35. The van der Waals surface area contributed by atoms with Crippen LogP contribution in [0.4, 0.5) is 0 Å². The third-order valence-electron chi connectivity index (χ3n) is 5.70. The highest BCUT2D eigenvalue weighted by Crippen LogP contribution is 2.26. The highest BCUT2D eigenvalue weighted by atomic mass is 35.5. The summed E-state index contributed by atoms with van der Waals surface area (Å²) in [5.41, 5.74) is 2.79. The van der Waals surface area contributed by atoms with E-state index in [0.29, 0.717) is 48.1 Å². The molecule has 1 saturated heterocycles. The van der Waals surface area contributed by atoms with Crippen LogP contribution >= 0.6 is 23.2 Å². The van der Waals surface area contributed by atoms with E-state index in [1.807, 2.05) is 32.0 Å². The Morgan fingerprint density at radius 1 is 1.19 bits per heavy atom. The molecule has 3 rings (SSSR count). The van der Waals surface area contributed by atoms with Crippen molar-refractivity contribution in [2.75, 3.05) is 26.2 Å². The number of hydrogen-bond acceptors (Lipinski definition) is 4. The summed E-state index contributed by atoms with van der Waals surface area (Å²) in [5, 5.41) is 3.57. The van der Waals surface area contributed by atoms with Gasteiger partial charge in [-0.15, -0.1) is 0 Å². The average molecular weight is 499 g/mol. The van der Waals surface area contributed by atoms with E-state index in [1.165, 1.54) is 4.31 Å². The van der Waals surface area contributed by atoms with Crippen LogP contribution in [0.1, 0.15) is 29.5 Å². The molecule has 0 bridgehead atoms. The van der Waals surface area contributed by atoms with Crippen molar-refractivity contribution in [3.63, 3.8) is 0 Å².